The predicted octanol–water partition coefficient (Wildman–Crippen LogP) is 1.97. The van der Waals surface area contributed by atoms with Crippen molar-refractivity contribution in [2.45, 2.75) is 39.2 Å². The van der Waals surface area contributed by atoms with Gasteiger partial charge in [-0.3, -0.25) is 9.59 Å². The SMILES string of the molecule is CCn1c(=NC(=O)CS(=O)(=O)CC(=O)N2CCCCCC2)sc2ccccc21. The van der Waals surface area contributed by atoms with Crippen LogP contribution < -0.4 is 4.80 Å². The number of amides is 2. The second-order valence-corrected chi connectivity index (χ2v) is 10.0. The van der Waals surface area contributed by atoms with Crippen molar-refractivity contribution in [2.24, 2.45) is 4.99 Å². The van der Waals surface area contributed by atoms with Crippen LogP contribution in [0.1, 0.15) is 32.6 Å². The zero-order chi connectivity index (χ0) is 20.1. The van der Waals surface area contributed by atoms with Gasteiger partial charge in [-0.2, -0.15) is 4.99 Å². The molecule has 0 N–H and O–H groups in total. The van der Waals surface area contributed by atoms with Crippen LogP contribution in [0.2, 0.25) is 0 Å². The van der Waals surface area contributed by atoms with E-state index in [9.17, 15) is 18.0 Å². The zero-order valence-corrected chi connectivity index (χ0v) is 17.6. The molecule has 1 fully saturated rings. The van der Waals surface area contributed by atoms with Crippen molar-refractivity contribution in [3.8, 4) is 0 Å². The Kier molecular flexibility index (Phi) is 6.66. The molecule has 0 unspecified atom stereocenters. The molecule has 1 aliphatic heterocycles. The lowest BCUT2D eigenvalue weighted by atomic mass is 10.2. The number of hydrogen-bond acceptors (Lipinski definition) is 5. The van der Waals surface area contributed by atoms with Crippen LogP contribution in [0.4, 0.5) is 0 Å². The molecule has 1 aromatic carbocycles. The van der Waals surface area contributed by atoms with Gasteiger partial charge < -0.3 is 9.47 Å². The number of sulfone groups is 1. The summed E-state index contributed by atoms with van der Waals surface area (Å²) in [6.45, 7) is 3.74. The minimum absolute atomic E-state index is 0.416. The van der Waals surface area contributed by atoms with Gasteiger partial charge in [-0.1, -0.05) is 36.3 Å². The number of para-hydroxylation sites is 1. The van der Waals surface area contributed by atoms with E-state index in [0.29, 0.717) is 24.4 Å². The molecule has 28 heavy (non-hydrogen) atoms. The minimum Gasteiger partial charge on any atom is -0.342 e. The molecule has 1 aliphatic rings. The number of fused-ring (bicyclic) bond motifs is 1. The molecule has 2 heterocycles. The van der Waals surface area contributed by atoms with E-state index in [1.807, 2.05) is 35.8 Å². The first-order valence-electron chi connectivity index (χ1n) is 9.54. The van der Waals surface area contributed by atoms with Gasteiger partial charge in [-0.05, 0) is 31.9 Å². The van der Waals surface area contributed by atoms with Crippen molar-refractivity contribution >= 4 is 43.2 Å². The summed E-state index contributed by atoms with van der Waals surface area (Å²) in [7, 11) is -3.85. The molecular weight excluding hydrogens is 398 g/mol. The van der Waals surface area contributed by atoms with Crippen LogP contribution in [-0.2, 0) is 26.0 Å². The molecule has 0 bridgehead atoms. The normalized spacial score (nSPS) is 16.3. The molecule has 7 nitrogen and oxygen atoms in total. The highest BCUT2D eigenvalue weighted by Gasteiger charge is 2.25. The molecule has 2 aromatic rings. The maximum absolute atomic E-state index is 12.4. The lowest BCUT2D eigenvalue weighted by Crippen LogP contribution is -2.37. The van der Waals surface area contributed by atoms with E-state index in [0.717, 1.165) is 35.9 Å². The molecule has 2 amide bonds. The zero-order valence-electron chi connectivity index (χ0n) is 16.0. The van der Waals surface area contributed by atoms with E-state index < -0.39 is 33.2 Å². The van der Waals surface area contributed by atoms with Crippen LogP contribution in [0.15, 0.2) is 29.3 Å². The quantitative estimate of drug-likeness (QED) is 0.735. The molecular formula is C19H25N3O4S2. The maximum Gasteiger partial charge on any atom is 0.263 e. The van der Waals surface area contributed by atoms with E-state index in [1.54, 1.807) is 4.90 Å². The van der Waals surface area contributed by atoms with Gasteiger partial charge in [0.05, 0.1) is 10.2 Å². The van der Waals surface area contributed by atoms with Crippen molar-refractivity contribution in [2.75, 3.05) is 24.6 Å². The number of thiazole rings is 1. The standard InChI is InChI=1S/C19H25N3O4S2/c1-2-22-15-9-5-6-10-16(15)27-19(22)20-17(23)13-28(25,26)14-18(24)21-11-7-3-4-8-12-21/h5-6,9-10H,2-4,7-8,11-14H2,1H3. The topological polar surface area (TPSA) is 88.8 Å². The van der Waals surface area contributed by atoms with Crippen molar-refractivity contribution < 1.29 is 18.0 Å². The summed E-state index contributed by atoms with van der Waals surface area (Å²) in [5.41, 5.74) is 0.959. The molecule has 3 rings (SSSR count). The number of hydrogen-bond donors (Lipinski definition) is 0. The summed E-state index contributed by atoms with van der Waals surface area (Å²) in [6.07, 6.45) is 3.90. The number of carbonyl (C=O) groups is 2. The fourth-order valence-electron chi connectivity index (χ4n) is 3.39. The Hall–Kier alpha value is -2.00. The molecule has 0 atom stereocenters. The van der Waals surface area contributed by atoms with E-state index >= 15 is 0 Å². The van der Waals surface area contributed by atoms with Crippen LogP contribution in [0.5, 0.6) is 0 Å². The van der Waals surface area contributed by atoms with Crippen LogP contribution in [-0.4, -0.2) is 54.3 Å². The van der Waals surface area contributed by atoms with Crippen LogP contribution in [0.25, 0.3) is 10.2 Å². The summed E-state index contributed by atoms with van der Waals surface area (Å²) in [5, 5.41) is 0. The highest BCUT2D eigenvalue weighted by molar-refractivity contribution is 7.92. The van der Waals surface area contributed by atoms with E-state index in [4.69, 9.17) is 0 Å². The summed E-state index contributed by atoms with van der Waals surface area (Å²) in [6, 6.07) is 7.69. The number of aromatic nitrogens is 1. The Balaban J connectivity index is 1.73. The minimum atomic E-state index is -3.85. The number of nitrogens with zero attached hydrogens (tertiary/aromatic N) is 3. The Morgan fingerprint density at radius 1 is 1.07 bits per heavy atom. The summed E-state index contributed by atoms with van der Waals surface area (Å²) in [5.74, 6) is -2.53. The Labute approximate surface area is 168 Å². The van der Waals surface area contributed by atoms with Gasteiger partial charge in [0.2, 0.25) is 5.91 Å². The van der Waals surface area contributed by atoms with E-state index in [1.165, 1.54) is 11.3 Å². The monoisotopic (exact) mass is 423 g/mol. The second-order valence-electron chi connectivity index (χ2n) is 6.93. The third-order valence-electron chi connectivity index (χ3n) is 4.77. The van der Waals surface area contributed by atoms with Gasteiger partial charge in [-0.25, -0.2) is 8.42 Å². The van der Waals surface area contributed by atoms with Crippen LogP contribution >= 0.6 is 11.3 Å². The second kappa shape index (κ2) is 9.00. The number of carbonyl (C=O) groups excluding carboxylic acids is 2. The summed E-state index contributed by atoms with van der Waals surface area (Å²) >= 11 is 1.35. The lowest BCUT2D eigenvalue weighted by molar-refractivity contribution is -0.128. The third-order valence-corrected chi connectivity index (χ3v) is 7.20. The molecule has 152 valence electrons. The van der Waals surface area contributed by atoms with Gasteiger partial charge in [-0.15, -0.1) is 0 Å². The maximum atomic E-state index is 12.4. The fraction of sp³-hybridized carbons (Fsp3) is 0.526. The molecule has 0 aliphatic carbocycles. The van der Waals surface area contributed by atoms with Crippen LogP contribution in [0.3, 0.4) is 0 Å². The summed E-state index contributed by atoms with van der Waals surface area (Å²) < 4.78 is 27.6. The molecule has 1 saturated heterocycles. The highest BCUT2D eigenvalue weighted by Crippen LogP contribution is 2.16. The van der Waals surface area contributed by atoms with E-state index in [-0.39, 0.29) is 0 Å². The van der Waals surface area contributed by atoms with Gasteiger partial charge >= 0.3 is 0 Å². The Bertz CT molecular complexity index is 1030. The number of likely N-dealkylation sites (tertiary alicyclic amines) is 1. The first-order chi connectivity index (χ1) is 13.4. The van der Waals surface area contributed by atoms with Gasteiger partial charge in [0.25, 0.3) is 5.91 Å². The van der Waals surface area contributed by atoms with Crippen molar-refractivity contribution in [3.63, 3.8) is 0 Å². The largest absolute Gasteiger partial charge is 0.342 e. The summed E-state index contributed by atoms with van der Waals surface area (Å²) in [4.78, 5) is 30.7. The predicted molar refractivity (Wildman–Crippen MR) is 110 cm³/mol. The van der Waals surface area contributed by atoms with Gasteiger partial charge in [0.1, 0.15) is 11.5 Å². The average Bonchev–Trinajstić information content (AvgIpc) is 2.80. The Morgan fingerprint density at radius 2 is 1.75 bits per heavy atom. The third kappa shape index (κ3) is 5.08. The van der Waals surface area contributed by atoms with Crippen molar-refractivity contribution in [1.29, 1.82) is 0 Å². The highest BCUT2D eigenvalue weighted by atomic mass is 32.2. The fourth-order valence-corrected chi connectivity index (χ4v) is 5.60. The molecule has 1 aromatic heterocycles. The first kappa shape index (κ1) is 20.7. The average molecular weight is 424 g/mol. The number of rotatable bonds is 5. The van der Waals surface area contributed by atoms with Gasteiger partial charge in [0.15, 0.2) is 14.6 Å². The van der Waals surface area contributed by atoms with Crippen molar-refractivity contribution in [1.82, 2.24) is 9.47 Å². The lowest BCUT2D eigenvalue weighted by Gasteiger charge is -2.19. The molecule has 9 heteroatoms. The van der Waals surface area contributed by atoms with Gasteiger partial charge in [0, 0.05) is 19.6 Å². The number of benzene rings is 1. The molecule has 0 saturated carbocycles. The van der Waals surface area contributed by atoms with E-state index in [2.05, 4.69) is 4.99 Å². The molecule has 0 spiro atoms. The Morgan fingerprint density at radius 3 is 2.43 bits per heavy atom. The number of aryl methyl sites for hydroxylation is 1. The van der Waals surface area contributed by atoms with Crippen molar-refractivity contribution in [3.05, 3.63) is 29.1 Å². The smallest absolute Gasteiger partial charge is 0.263 e. The first-order valence-corrected chi connectivity index (χ1v) is 12.2. The van der Waals surface area contributed by atoms with Crippen LogP contribution in [0, 0.1) is 0 Å². The molecule has 0 radical (unpaired) electrons.